The van der Waals surface area contributed by atoms with Crippen LogP contribution in [-0.2, 0) is 0 Å². The Morgan fingerprint density at radius 2 is 1.35 bits per heavy atom. The van der Waals surface area contributed by atoms with E-state index in [9.17, 15) is 24.5 Å². The molecular formula is C28H18Br2N4O6. The molecule has 0 bridgehead atoms. The molecule has 0 aliphatic heterocycles. The Kier molecular flexibility index (Phi) is 9.15. The molecule has 0 aromatic heterocycles. The third-order valence-corrected chi connectivity index (χ3v) is 6.39. The Morgan fingerprint density at radius 1 is 0.775 bits per heavy atom. The number of amides is 2. The van der Waals surface area contributed by atoms with Crippen LogP contribution in [0, 0.1) is 10.1 Å². The van der Waals surface area contributed by atoms with Crippen LogP contribution in [0.15, 0.2) is 105 Å². The van der Waals surface area contributed by atoms with E-state index in [1.54, 1.807) is 42.5 Å². The summed E-state index contributed by atoms with van der Waals surface area (Å²) in [6, 6.07) is 23.0. The fourth-order valence-electron chi connectivity index (χ4n) is 3.33. The van der Waals surface area contributed by atoms with Gasteiger partial charge < -0.3 is 10.1 Å². The van der Waals surface area contributed by atoms with Crippen LogP contribution in [0.1, 0.15) is 36.6 Å². The molecule has 4 aromatic carbocycles. The van der Waals surface area contributed by atoms with Crippen molar-refractivity contribution in [1.82, 2.24) is 5.43 Å². The van der Waals surface area contributed by atoms with Gasteiger partial charge >= 0.3 is 5.97 Å². The van der Waals surface area contributed by atoms with Gasteiger partial charge in [0.15, 0.2) is 0 Å². The minimum absolute atomic E-state index is 0.118. The van der Waals surface area contributed by atoms with Crippen LogP contribution in [0.3, 0.4) is 0 Å². The summed E-state index contributed by atoms with van der Waals surface area (Å²) in [5.41, 5.74) is 4.06. The van der Waals surface area contributed by atoms with Crippen molar-refractivity contribution in [1.29, 1.82) is 0 Å². The predicted molar refractivity (Wildman–Crippen MR) is 156 cm³/mol. The summed E-state index contributed by atoms with van der Waals surface area (Å²) >= 11 is 6.69. The van der Waals surface area contributed by atoms with Crippen molar-refractivity contribution >= 4 is 67.2 Å². The number of esters is 1. The highest BCUT2D eigenvalue weighted by Gasteiger charge is 2.13. The zero-order valence-corrected chi connectivity index (χ0v) is 23.5. The number of nitrogens with zero attached hydrogens (tertiary/aromatic N) is 2. The minimum atomic E-state index is -0.548. The summed E-state index contributed by atoms with van der Waals surface area (Å²) in [7, 11) is 0. The third-order valence-electron chi connectivity index (χ3n) is 5.37. The maximum atomic E-state index is 12.6. The van der Waals surface area contributed by atoms with E-state index >= 15 is 0 Å². The van der Waals surface area contributed by atoms with Crippen LogP contribution in [-0.4, -0.2) is 28.9 Å². The van der Waals surface area contributed by atoms with Crippen molar-refractivity contribution in [2.24, 2.45) is 5.10 Å². The van der Waals surface area contributed by atoms with Gasteiger partial charge in [-0.15, -0.1) is 0 Å². The van der Waals surface area contributed by atoms with E-state index in [-0.39, 0.29) is 22.6 Å². The SMILES string of the molecule is O=C(N/N=C\c1cc(Br)ccc1OC(=O)c1ccc(Br)cc1)c1ccc(NC(=O)c2ccc([N+](=O)[O-])cc2)cc1. The molecule has 12 heteroatoms. The number of ether oxygens (including phenoxy) is 1. The Bertz CT molecular complexity index is 1610. The second kappa shape index (κ2) is 12.9. The number of carbonyl (C=O) groups is 3. The van der Waals surface area contributed by atoms with Gasteiger partial charge in [-0.25, -0.2) is 10.2 Å². The molecule has 0 fully saturated rings. The van der Waals surface area contributed by atoms with Gasteiger partial charge in [-0.05, 0) is 78.9 Å². The largest absolute Gasteiger partial charge is 0.422 e. The van der Waals surface area contributed by atoms with E-state index in [4.69, 9.17) is 4.74 Å². The molecular weight excluding hydrogens is 648 g/mol. The summed E-state index contributed by atoms with van der Waals surface area (Å²) < 4.78 is 7.07. The lowest BCUT2D eigenvalue weighted by molar-refractivity contribution is -0.384. The molecule has 2 amide bonds. The average molecular weight is 666 g/mol. The molecule has 0 aliphatic rings. The second-order valence-electron chi connectivity index (χ2n) is 8.11. The van der Waals surface area contributed by atoms with Crippen molar-refractivity contribution < 1.29 is 24.0 Å². The second-order valence-corrected chi connectivity index (χ2v) is 9.94. The van der Waals surface area contributed by atoms with Gasteiger partial charge in [-0.1, -0.05) is 31.9 Å². The molecule has 0 saturated heterocycles. The van der Waals surface area contributed by atoms with Crippen LogP contribution in [0.4, 0.5) is 11.4 Å². The molecule has 0 spiro atoms. The maximum Gasteiger partial charge on any atom is 0.343 e. The Labute approximate surface area is 244 Å². The number of anilines is 1. The number of rotatable bonds is 8. The van der Waals surface area contributed by atoms with E-state index < -0.39 is 22.7 Å². The molecule has 4 rings (SSSR count). The van der Waals surface area contributed by atoms with Gasteiger partial charge in [0.05, 0.1) is 16.7 Å². The smallest absolute Gasteiger partial charge is 0.343 e. The van der Waals surface area contributed by atoms with Crippen LogP contribution in [0.5, 0.6) is 5.75 Å². The average Bonchev–Trinajstić information content (AvgIpc) is 2.95. The molecule has 0 unspecified atom stereocenters. The molecule has 0 saturated carbocycles. The molecule has 200 valence electrons. The van der Waals surface area contributed by atoms with Gasteiger partial charge in [0.25, 0.3) is 17.5 Å². The minimum Gasteiger partial charge on any atom is -0.422 e. The summed E-state index contributed by atoms with van der Waals surface area (Å²) in [5, 5.41) is 17.4. The van der Waals surface area contributed by atoms with Crippen LogP contribution < -0.4 is 15.5 Å². The van der Waals surface area contributed by atoms with Gasteiger partial charge in [-0.3, -0.25) is 19.7 Å². The first-order valence-electron chi connectivity index (χ1n) is 11.5. The standard InChI is InChI=1S/C28H18Br2N4O6/c29-21-7-1-19(2-8-21)28(37)40-25-14-9-22(30)15-20(25)16-31-33-27(36)18-3-10-23(11-4-18)32-26(35)17-5-12-24(13-6-17)34(38)39/h1-16H,(H,32,35)(H,33,36)/b31-16-. The summed E-state index contributed by atoms with van der Waals surface area (Å²) in [4.78, 5) is 47.7. The first-order chi connectivity index (χ1) is 19.2. The van der Waals surface area contributed by atoms with Crippen LogP contribution >= 0.6 is 31.9 Å². The van der Waals surface area contributed by atoms with Crippen molar-refractivity contribution in [3.05, 3.63) is 132 Å². The number of hydrazone groups is 1. The predicted octanol–water partition coefficient (Wildman–Crippen LogP) is 6.36. The molecule has 4 aromatic rings. The summed E-state index contributed by atoms with van der Waals surface area (Å²) in [5.74, 6) is -1.26. The zero-order valence-electron chi connectivity index (χ0n) is 20.3. The highest BCUT2D eigenvalue weighted by atomic mass is 79.9. The lowest BCUT2D eigenvalue weighted by Crippen LogP contribution is -2.18. The molecule has 10 nitrogen and oxygen atoms in total. The quantitative estimate of drug-likeness (QED) is 0.0739. The van der Waals surface area contributed by atoms with E-state index in [2.05, 4.69) is 47.7 Å². The fourth-order valence-corrected chi connectivity index (χ4v) is 3.97. The number of benzene rings is 4. The maximum absolute atomic E-state index is 12.6. The highest BCUT2D eigenvalue weighted by molar-refractivity contribution is 9.10. The van der Waals surface area contributed by atoms with Gasteiger partial charge in [-0.2, -0.15) is 5.10 Å². The van der Waals surface area contributed by atoms with E-state index in [1.165, 1.54) is 54.7 Å². The van der Waals surface area contributed by atoms with E-state index in [0.29, 0.717) is 16.8 Å². The number of halogens is 2. The van der Waals surface area contributed by atoms with Crippen molar-refractivity contribution in [3.63, 3.8) is 0 Å². The third kappa shape index (κ3) is 7.46. The molecule has 0 atom stereocenters. The first-order valence-corrected chi connectivity index (χ1v) is 13.0. The van der Waals surface area contributed by atoms with Gasteiger partial charge in [0, 0.05) is 43.5 Å². The molecule has 0 heterocycles. The Hall–Kier alpha value is -4.68. The van der Waals surface area contributed by atoms with Crippen LogP contribution in [0.2, 0.25) is 0 Å². The number of hydrogen-bond acceptors (Lipinski definition) is 7. The monoisotopic (exact) mass is 664 g/mol. The van der Waals surface area contributed by atoms with E-state index in [0.717, 1.165) is 8.95 Å². The molecule has 40 heavy (non-hydrogen) atoms. The van der Waals surface area contributed by atoms with Crippen molar-refractivity contribution in [2.45, 2.75) is 0 Å². The number of nitro benzene ring substituents is 1. The first kappa shape index (κ1) is 28.3. The molecule has 2 N–H and O–H groups in total. The fraction of sp³-hybridized carbons (Fsp3) is 0. The van der Waals surface area contributed by atoms with Crippen molar-refractivity contribution in [2.75, 3.05) is 5.32 Å². The van der Waals surface area contributed by atoms with E-state index in [1.807, 2.05) is 0 Å². The van der Waals surface area contributed by atoms with Crippen LogP contribution in [0.25, 0.3) is 0 Å². The molecule has 0 aliphatic carbocycles. The van der Waals surface area contributed by atoms with Gasteiger partial charge in [0.1, 0.15) is 5.75 Å². The topological polar surface area (TPSA) is 140 Å². The normalized spacial score (nSPS) is 10.7. The lowest BCUT2D eigenvalue weighted by atomic mass is 10.1. The summed E-state index contributed by atoms with van der Waals surface area (Å²) in [6.07, 6.45) is 1.35. The lowest BCUT2D eigenvalue weighted by Gasteiger charge is -2.08. The number of non-ortho nitro benzene ring substituents is 1. The summed E-state index contributed by atoms with van der Waals surface area (Å²) in [6.45, 7) is 0. The van der Waals surface area contributed by atoms with Crippen molar-refractivity contribution in [3.8, 4) is 5.75 Å². The number of nitro groups is 1. The highest BCUT2D eigenvalue weighted by Crippen LogP contribution is 2.23. The molecule has 0 radical (unpaired) electrons. The number of carbonyl (C=O) groups excluding carboxylic acids is 3. The Balaban J connectivity index is 1.37. The Morgan fingerprint density at radius 3 is 2.00 bits per heavy atom. The number of nitrogens with one attached hydrogen (secondary N) is 2. The van der Waals surface area contributed by atoms with Gasteiger partial charge in [0.2, 0.25) is 0 Å². The zero-order chi connectivity index (χ0) is 28.6. The number of hydrogen-bond donors (Lipinski definition) is 2.